The quantitative estimate of drug-likeness (QED) is 0.701. The molecule has 0 unspecified atom stereocenters. The monoisotopic (exact) mass is 358 g/mol. The van der Waals surface area contributed by atoms with Crippen molar-refractivity contribution in [1.82, 2.24) is 5.32 Å². The third kappa shape index (κ3) is 5.01. The Balaban J connectivity index is 1.72. The molecule has 0 aromatic heterocycles. The summed E-state index contributed by atoms with van der Waals surface area (Å²) in [5.41, 5.74) is 2.21. The van der Waals surface area contributed by atoms with Gasteiger partial charge in [0.2, 0.25) is 0 Å². The molecule has 0 spiro atoms. The predicted molar refractivity (Wildman–Crippen MR) is 89.5 cm³/mol. The number of aryl methyl sites for hydroxylation is 1. The Morgan fingerprint density at radius 2 is 2.15 bits per heavy atom. The van der Waals surface area contributed by atoms with E-state index in [0.717, 1.165) is 49.6 Å². The summed E-state index contributed by atoms with van der Waals surface area (Å²) in [7, 11) is 0. The first kappa shape index (κ1) is 15.7. The van der Waals surface area contributed by atoms with Crippen molar-refractivity contribution >= 4 is 38.9 Å². The lowest BCUT2D eigenvalue weighted by Crippen LogP contribution is -3.14. The molecule has 2 rings (SSSR count). The van der Waals surface area contributed by atoms with E-state index in [0.29, 0.717) is 5.11 Å². The molecule has 0 aliphatic carbocycles. The first-order chi connectivity index (χ1) is 9.65. The topological polar surface area (TPSA) is 37.7 Å². The molecule has 0 saturated carbocycles. The van der Waals surface area contributed by atoms with Gasteiger partial charge in [-0.2, -0.15) is 0 Å². The summed E-state index contributed by atoms with van der Waals surface area (Å²) < 4.78 is 6.42. The molecule has 1 aliphatic heterocycles. The highest BCUT2D eigenvalue weighted by Gasteiger charge is 2.12. The van der Waals surface area contributed by atoms with Gasteiger partial charge >= 0.3 is 0 Å². The Kier molecular flexibility index (Phi) is 6.22. The average molecular weight is 359 g/mol. The van der Waals surface area contributed by atoms with E-state index in [4.69, 9.17) is 17.0 Å². The van der Waals surface area contributed by atoms with E-state index in [2.05, 4.69) is 39.6 Å². The number of hydrogen-bond acceptors (Lipinski definition) is 2. The molecule has 0 amide bonds. The van der Waals surface area contributed by atoms with Crippen LogP contribution in [0.25, 0.3) is 0 Å². The minimum Gasteiger partial charge on any atom is -0.370 e. The minimum atomic E-state index is 0.683. The number of ether oxygens (including phenoxy) is 1. The lowest BCUT2D eigenvalue weighted by Gasteiger charge is -2.24. The van der Waals surface area contributed by atoms with Crippen LogP contribution in [0.1, 0.15) is 5.56 Å². The number of halogens is 1. The maximum atomic E-state index is 5.35. The van der Waals surface area contributed by atoms with Gasteiger partial charge in [-0.3, -0.25) is 0 Å². The molecule has 20 heavy (non-hydrogen) atoms. The molecular weight excluding hydrogens is 338 g/mol. The third-order valence-electron chi connectivity index (χ3n) is 3.40. The number of anilines is 1. The SMILES string of the molecule is Cc1cc(Br)ccc1NC(=S)NCC[NH+]1CCOCC1. The van der Waals surface area contributed by atoms with Crippen LogP contribution in [-0.2, 0) is 4.74 Å². The molecule has 1 saturated heterocycles. The summed E-state index contributed by atoms with van der Waals surface area (Å²) >= 11 is 8.79. The van der Waals surface area contributed by atoms with Gasteiger partial charge in [0.1, 0.15) is 13.1 Å². The van der Waals surface area contributed by atoms with Crippen LogP contribution >= 0.6 is 28.1 Å². The Bertz CT molecular complexity index is 464. The van der Waals surface area contributed by atoms with Crippen LogP contribution in [0.2, 0.25) is 0 Å². The highest BCUT2D eigenvalue weighted by molar-refractivity contribution is 9.10. The Labute approximate surface area is 134 Å². The lowest BCUT2D eigenvalue weighted by molar-refractivity contribution is -0.906. The van der Waals surface area contributed by atoms with E-state index in [1.54, 1.807) is 4.90 Å². The maximum Gasteiger partial charge on any atom is 0.170 e. The van der Waals surface area contributed by atoms with Crippen molar-refractivity contribution < 1.29 is 9.64 Å². The molecule has 6 heteroatoms. The molecule has 1 aliphatic rings. The zero-order chi connectivity index (χ0) is 14.4. The Morgan fingerprint density at radius 1 is 1.40 bits per heavy atom. The van der Waals surface area contributed by atoms with Crippen LogP contribution < -0.4 is 15.5 Å². The molecule has 0 radical (unpaired) electrons. The molecule has 1 heterocycles. The smallest absolute Gasteiger partial charge is 0.170 e. The van der Waals surface area contributed by atoms with Crippen LogP contribution in [0.3, 0.4) is 0 Å². The van der Waals surface area contributed by atoms with Crippen molar-refractivity contribution in [3.05, 3.63) is 28.2 Å². The number of rotatable bonds is 4. The van der Waals surface area contributed by atoms with Gasteiger partial charge in [0.25, 0.3) is 0 Å². The summed E-state index contributed by atoms with van der Waals surface area (Å²) in [4.78, 5) is 1.58. The molecule has 4 nitrogen and oxygen atoms in total. The van der Waals surface area contributed by atoms with E-state index < -0.39 is 0 Å². The molecule has 110 valence electrons. The summed E-state index contributed by atoms with van der Waals surface area (Å²) in [6.45, 7) is 7.95. The maximum absolute atomic E-state index is 5.35. The molecule has 1 fully saturated rings. The van der Waals surface area contributed by atoms with Crippen molar-refractivity contribution in [2.45, 2.75) is 6.92 Å². The first-order valence-electron chi connectivity index (χ1n) is 6.87. The Morgan fingerprint density at radius 3 is 2.85 bits per heavy atom. The van der Waals surface area contributed by atoms with E-state index in [1.807, 2.05) is 12.1 Å². The van der Waals surface area contributed by atoms with Crippen molar-refractivity contribution in [3.63, 3.8) is 0 Å². The molecule has 1 aromatic carbocycles. The fourth-order valence-electron chi connectivity index (χ4n) is 2.20. The van der Waals surface area contributed by atoms with Gasteiger partial charge < -0.3 is 20.3 Å². The normalized spacial score (nSPS) is 15.9. The van der Waals surface area contributed by atoms with Gasteiger partial charge in [-0.1, -0.05) is 15.9 Å². The van der Waals surface area contributed by atoms with Crippen molar-refractivity contribution in [3.8, 4) is 0 Å². The second kappa shape index (κ2) is 7.93. The summed E-state index contributed by atoms with van der Waals surface area (Å²) in [5.74, 6) is 0. The van der Waals surface area contributed by atoms with Gasteiger partial charge in [0.15, 0.2) is 5.11 Å². The lowest BCUT2D eigenvalue weighted by atomic mass is 10.2. The molecule has 0 atom stereocenters. The fraction of sp³-hybridized carbons (Fsp3) is 0.500. The highest BCUT2D eigenvalue weighted by Crippen LogP contribution is 2.19. The minimum absolute atomic E-state index is 0.683. The van der Waals surface area contributed by atoms with E-state index in [1.165, 1.54) is 5.56 Å². The summed E-state index contributed by atoms with van der Waals surface area (Å²) in [5, 5.41) is 7.19. The van der Waals surface area contributed by atoms with E-state index in [-0.39, 0.29) is 0 Å². The van der Waals surface area contributed by atoms with E-state index >= 15 is 0 Å². The second-order valence-electron chi connectivity index (χ2n) is 4.95. The van der Waals surface area contributed by atoms with Crippen molar-refractivity contribution in [1.29, 1.82) is 0 Å². The van der Waals surface area contributed by atoms with Gasteiger partial charge in [-0.25, -0.2) is 0 Å². The van der Waals surface area contributed by atoms with Gasteiger partial charge in [0.05, 0.1) is 26.3 Å². The number of morpholine rings is 1. The zero-order valence-electron chi connectivity index (χ0n) is 11.7. The van der Waals surface area contributed by atoms with Gasteiger partial charge in [-0.05, 0) is 42.9 Å². The van der Waals surface area contributed by atoms with Crippen molar-refractivity contribution in [2.75, 3.05) is 44.7 Å². The number of quaternary nitrogens is 1. The van der Waals surface area contributed by atoms with E-state index in [9.17, 15) is 0 Å². The number of nitrogens with one attached hydrogen (secondary N) is 3. The number of thiocarbonyl (C=S) groups is 1. The average Bonchev–Trinajstić information content (AvgIpc) is 2.43. The summed E-state index contributed by atoms with van der Waals surface area (Å²) in [6, 6.07) is 6.11. The molecule has 0 bridgehead atoms. The van der Waals surface area contributed by atoms with Crippen LogP contribution in [0.15, 0.2) is 22.7 Å². The van der Waals surface area contributed by atoms with Crippen molar-refractivity contribution in [2.24, 2.45) is 0 Å². The standard InChI is InChI=1S/C14H20BrN3OS/c1-11-10-12(15)2-3-13(11)17-14(20)16-4-5-18-6-8-19-9-7-18/h2-3,10H,4-9H2,1H3,(H2,16,17,20)/p+1. The first-order valence-corrected chi connectivity index (χ1v) is 8.07. The zero-order valence-corrected chi connectivity index (χ0v) is 14.1. The number of benzene rings is 1. The Hall–Kier alpha value is -0.690. The van der Waals surface area contributed by atoms with Crippen LogP contribution in [0.5, 0.6) is 0 Å². The highest BCUT2D eigenvalue weighted by atomic mass is 79.9. The number of hydrogen-bond donors (Lipinski definition) is 3. The molecule has 3 N–H and O–H groups in total. The van der Waals surface area contributed by atoms with Gasteiger partial charge in [0, 0.05) is 10.2 Å². The third-order valence-corrected chi connectivity index (χ3v) is 4.14. The fourth-order valence-corrected chi connectivity index (χ4v) is 2.88. The van der Waals surface area contributed by atoms with Crippen LogP contribution in [0, 0.1) is 6.92 Å². The molecular formula is C14H21BrN3OS+. The second-order valence-corrected chi connectivity index (χ2v) is 6.28. The van der Waals surface area contributed by atoms with Crippen LogP contribution in [0.4, 0.5) is 5.69 Å². The molecule has 1 aromatic rings. The predicted octanol–water partition coefficient (Wildman–Crippen LogP) is 0.959. The largest absolute Gasteiger partial charge is 0.370 e. The summed E-state index contributed by atoms with van der Waals surface area (Å²) in [6.07, 6.45) is 0. The van der Waals surface area contributed by atoms with Crippen LogP contribution in [-0.4, -0.2) is 44.5 Å². The van der Waals surface area contributed by atoms with Gasteiger partial charge in [-0.15, -0.1) is 0 Å².